The van der Waals surface area contributed by atoms with Crippen LogP contribution in [0.25, 0.3) is 18.2 Å². The van der Waals surface area contributed by atoms with Crippen LogP contribution in [0.15, 0.2) is 170 Å². The lowest BCUT2D eigenvalue weighted by Crippen LogP contribution is -2.31. The van der Waals surface area contributed by atoms with Crippen LogP contribution in [-0.2, 0) is 5.41 Å². The third kappa shape index (κ3) is 7.74. The lowest BCUT2D eigenvalue weighted by molar-refractivity contribution is 0.370. The van der Waals surface area contributed by atoms with Crippen molar-refractivity contribution in [3.05, 3.63) is 226 Å². The highest BCUT2D eigenvalue weighted by molar-refractivity contribution is 5.67. The first-order valence-electron chi connectivity index (χ1n) is 18.5. The molecular formula is C52H46O. The fraction of sp³-hybridized carbons (Fsp3) is 0.154. The number of aryl methyl sites for hydroxylation is 3. The molecule has 3 aliphatic rings. The maximum Gasteiger partial charge on any atom is 0.148 e. The van der Waals surface area contributed by atoms with Crippen LogP contribution in [0.4, 0.5) is 0 Å². The van der Waals surface area contributed by atoms with E-state index >= 15 is 0 Å². The van der Waals surface area contributed by atoms with Crippen LogP contribution < -0.4 is 4.74 Å². The molecule has 0 radical (unpaired) electrons. The lowest BCUT2D eigenvalue weighted by Gasteiger charge is -2.38. The van der Waals surface area contributed by atoms with E-state index in [1.165, 1.54) is 50.1 Å². The Hall–Kier alpha value is -6.10. The minimum absolute atomic E-state index is 0.229. The summed E-state index contributed by atoms with van der Waals surface area (Å²) >= 11 is 0. The molecule has 4 aromatic carbocycles. The van der Waals surface area contributed by atoms with Gasteiger partial charge in [0, 0.05) is 17.8 Å². The molecule has 0 amide bonds. The first kappa shape index (κ1) is 35.3. The third-order valence-corrected chi connectivity index (χ3v) is 10.5. The van der Waals surface area contributed by atoms with Gasteiger partial charge in [-0.3, -0.25) is 0 Å². The Labute approximate surface area is 316 Å². The summed E-state index contributed by atoms with van der Waals surface area (Å²) in [6.45, 7) is 6.90. The van der Waals surface area contributed by atoms with Gasteiger partial charge in [-0.1, -0.05) is 182 Å². The minimum Gasteiger partial charge on any atom is -0.481 e. The van der Waals surface area contributed by atoms with Gasteiger partial charge < -0.3 is 4.74 Å². The molecule has 0 aromatic heterocycles. The Bertz CT molecular complexity index is 2040. The number of rotatable bonds is 12. The summed E-state index contributed by atoms with van der Waals surface area (Å²) in [6, 6.07) is 29.5. The molecule has 53 heavy (non-hydrogen) atoms. The van der Waals surface area contributed by atoms with Crippen molar-refractivity contribution in [3.8, 4) is 18.1 Å². The van der Waals surface area contributed by atoms with Crippen LogP contribution in [0, 0.1) is 50.9 Å². The van der Waals surface area contributed by atoms with Gasteiger partial charge in [0.05, 0.1) is 5.41 Å². The molecule has 0 saturated carbocycles. The van der Waals surface area contributed by atoms with Gasteiger partial charge in [-0.25, -0.2) is 0 Å². The van der Waals surface area contributed by atoms with Crippen LogP contribution in [0.2, 0.25) is 0 Å². The largest absolute Gasteiger partial charge is 0.481 e. The quantitative estimate of drug-likeness (QED) is 0.106. The van der Waals surface area contributed by atoms with Gasteiger partial charge in [0.2, 0.25) is 0 Å². The smallest absolute Gasteiger partial charge is 0.148 e. The van der Waals surface area contributed by atoms with E-state index in [0.717, 1.165) is 11.3 Å². The van der Waals surface area contributed by atoms with Crippen molar-refractivity contribution in [1.29, 1.82) is 0 Å². The maximum atomic E-state index is 5.86. The average Bonchev–Trinajstić information content (AvgIpc) is 3.99. The number of benzene rings is 4. The monoisotopic (exact) mass is 686 g/mol. The highest BCUT2D eigenvalue weighted by Gasteiger charge is 2.39. The van der Waals surface area contributed by atoms with Gasteiger partial charge in [-0.2, -0.15) is 0 Å². The Balaban J connectivity index is 1.41. The van der Waals surface area contributed by atoms with Crippen LogP contribution in [0.1, 0.15) is 55.6 Å². The van der Waals surface area contributed by atoms with E-state index in [4.69, 9.17) is 11.2 Å². The first-order valence-corrected chi connectivity index (χ1v) is 18.5. The van der Waals surface area contributed by atoms with Gasteiger partial charge in [0.15, 0.2) is 0 Å². The van der Waals surface area contributed by atoms with E-state index in [1.54, 1.807) is 0 Å². The fourth-order valence-corrected chi connectivity index (χ4v) is 7.59. The topological polar surface area (TPSA) is 9.23 Å². The van der Waals surface area contributed by atoms with Gasteiger partial charge in [0.25, 0.3) is 0 Å². The standard InChI is InChI=1S/C52H46O/c1-5-34-53-51-32-30-47(31-33-51)52(48-27-24-44(38(2)35-48)21-18-41-12-6-7-13-41,49-28-25-45(39(3)36-49)22-19-42-14-8-9-15-42)50-29-26-46(40(4)37-50)23-20-43-16-10-11-17-43/h1,6-33,35-37,41-43H,34H2,2-4H3/b21-18+,22-19+,23-20+. The Morgan fingerprint density at radius 2 is 0.849 bits per heavy atom. The van der Waals surface area contributed by atoms with E-state index in [2.05, 4.69) is 203 Å². The zero-order valence-electron chi connectivity index (χ0n) is 30.8. The summed E-state index contributed by atoms with van der Waals surface area (Å²) < 4.78 is 5.86. The predicted octanol–water partition coefficient (Wildman–Crippen LogP) is 12.3. The zero-order valence-corrected chi connectivity index (χ0v) is 30.8. The van der Waals surface area contributed by atoms with Crippen LogP contribution in [0.3, 0.4) is 0 Å². The van der Waals surface area contributed by atoms with Crippen molar-refractivity contribution in [2.24, 2.45) is 17.8 Å². The van der Waals surface area contributed by atoms with Crippen molar-refractivity contribution in [2.75, 3.05) is 6.61 Å². The molecule has 1 heteroatoms. The highest BCUT2D eigenvalue weighted by atomic mass is 16.5. The molecule has 0 spiro atoms. The summed E-state index contributed by atoms with van der Waals surface area (Å²) in [6.07, 6.45) is 45.1. The molecule has 0 bridgehead atoms. The minimum atomic E-state index is -0.636. The Morgan fingerprint density at radius 3 is 1.17 bits per heavy atom. The van der Waals surface area contributed by atoms with E-state index in [1.807, 2.05) is 12.1 Å². The number of hydrogen-bond donors (Lipinski definition) is 0. The molecule has 7 rings (SSSR count). The van der Waals surface area contributed by atoms with E-state index in [0.29, 0.717) is 17.8 Å². The molecule has 0 heterocycles. The summed E-state index contributed by atoms with van der Waals surface area (Å²) in [5, 5.41) is 0. The average molecular weight is 687 g/mol. The molecule has 260 valence electrons. The normalized spacial score (nSPS) is 15.7. The van der Waals surface area contributed by atoms with Crippen molar-refractivity contribution in [2.45, 2.75) is 26.2 Å². The molecule has 4 aromatic rings. The Kier molecular flexibility index (Phi) is 10.7. The molecule has 0 N–H and O–H groups in total. The number of hydrogen-bond acceptors (Lipinski definition) is 1. The molecule has 0 atom stereocenters. The first-order chi connectivity index (χ1) is 25.9. The molecule has 0 aliphatic heterocycles. The molecule has 3 aliphatic carbocycles. The van der Waals surface area contributed by atoms with Crippen molar-refractivity contribution < 1.29 is 4.74 Å². The van der Waals surface area contributed by atoms with Crippen molar-refractivity contribution >= 4 is 18.2 Å². The van der Waals surface area contributed by atoms with E-state index in [9.17, 15) is 0 Å². The van der Waals surface area contributed by atoms with Gasteiger partial charge in [0.1, 0.15) is 12.4 Å². The summed E-state index contributed by atoms with van der Waals surface area (Å²) in [4.78, 5) is 0. The second kappa shape index (κ2) is 16.1. The molecular weight excluding hydrogens is 641 g/mol. The number of allylic oxidation sites excluding steroid dienone is 15. The highest BCUT2D eigenvalue weighted by Crippen LogP contribution is 2.47. The van der Waals surface area contributed by atoms with E-state index in [-0.39, 0.29) is 6.61 Å². The van der Waals surface area contributed by atoms with Crippen molar-refractivity contribution in [3.63, 3.8) is 0 Å². The molecule has 0 unspecified atom stereocenters. The number of ether oxygens (including phenoxy) is 1. The summed E-state index contributed by atoms with van der Waals surface area (Å²) in [7, 11) is 0. The zero-order chi connectivity index (χ0) is 36.6. The lowest BCUT2D eigenvalue weighted by atomic mass is 9.64. The summed E-state index contributed by atoms with van der Waals surface area (Å²) in [5.74, 6) is 4.34. The Morgan fingerprint density at radius 1 is 0.509 bits per heavy atom. The molecule has 0 fully saturated rings. The third-order valence-electron chi connectivity index (χ3n) is 10.5. The van der Waals surface area contributed by atoms with Gasteiger partial charge in [-0.05, 0) is 88.5 Å². The van der Waals surface area contributed by atoms with Gasteiger partial charge >= 0.3 is 0 Å². The summed E-state index contributed by atoms with van der Waals surface area (Å²) in [5.41, 5.74) is 11.5. The molecule has 1 nitrogen and oxygen atoms in total. The van der Waals surface area contributed by atoms with Crippen LogP contribution in [0.5, 0.6) is 5.75 Å². The van der Waals surface area contributed by atoms with Crippen molar-refractivity contribution in [1.82, 2.24) is 0 Å². The second-order valence-corrected chi connectivity index (χ2v) is 14.1. The predicted molar refractivity (Wildman–Crippen MR) is 226 cm³/mol. The maximum absolute atomic E-state index is 5.86. The van der Waals surface area contributed by atoms with Gasteiger partial charge in [-0.15, -0.1) is 6.42 Å². The number of terminal acetylenes is 1. The van der Waals surface area contributed by atoms with Crippen LogP contribution in [-0.4, -0.2) is 6.61 Å². The fourth-order valence-electron chi connectivity index (χ4n) is 7.59. The second-order valence-electron chi connectivity index (χ2n) is 14.1. The van der Waals surface area contributed by atoms with E-state index < -0.39 is 5.41 Å². The molecule has 0 saturated heterocycles. The van der Waals surface area contributed by atoms with Crippen LogP contribution >= 0.6 is 0 Å². The SMILES string of the molecule is C#CCOc1ccc(C(c2ccc(/C=C/C3C=CC=C3)c(C)c2)(c2ccc(/C=C/C3C=CC=C3)c(C)c2)c2ccc(/C=C/C3C=CC=C3)c(C)c2)cc1.